The minimum absolute atomic E-state index is 0.311. The first-order chi connectivity index (χ1) is 7.00. The molecule has 0 aromatic carbocycles. The summed E-state index contributed by atoms with van der Waals surface area (Å²) in [5, 5.41) is 2.15. The van der Waals surface area contributed by atoms with Crippen LogP contribution in [-0.2, 0) is 4.79 Å². The quantitative estimate of drug-likeness (QED) is 0.638. The molecule has 0 spiro atoms. The van der Waals surface area contributed by atoms with E-state index >= 15 is 0 Å². The van der Waals surface area contributed by atoms with Crippen molar-refractivity contribution in [3.63, 3.8) is 0 Å². The first-order valence-corrected chi connectivity index (χ1v) is 4.61. The van der Waals surface area contributed by atoms with Crippen LogP contribution in [0, 0.1) is 0 Å². The van der Waals surface area contributed by atoms with Crippen LogP contribution < -0.4 is 16.6 Å². The molecule has 2 amide bonds. The maximum absolute atomic E-state index is 11.3. The van der Waals surface area contributed by atoms with Crippen molar-refractivity contribution < 1.29 is 9.59 Å². The van der Waals surface area contributed by atoms with E-state index in [1.807, 2.05) is 0 Å². The molecule has 1 heterocycles. The Labute approximate surface area is 92.2 Å². The molecule has 0 saturated heterocycles. The van der Waals surface area contributed by atoms with Gasteiger partial charge in [0.1, 0.15) is 4.60 Å². The average molecular weight is 275 g/mol. The van der Waals surface area contributed by atoms with Crippen molar-refractivity contribution in [2.75, 3.05) is 6.54 Å². The third-order valence-electron chi connectivity index (χ3n) is 1.39. The number of H-pyrrole nitrogens is 1. The summed E-state index contributed by atoms with van der Waals surface area (Å²) >= 11 is 2.99. The highest BCUT2D eigenvalue weighted by molar-refractivity contribution is 9.10. The van der Waals surface area contributed by atoms with E-state index in [2.05, 4.69) is 31.2 Å². The highest BCUT2D eigenvalue weighted by Crippen LogP contribution is 2.00. The Hall–Kier alpha value is -1.70. The maximum atomic E-state index is 11.3. The second kappa shape index (κ2) is 4.69. The lowest BCUT2D eigenvalue weighted by Crippen LogP contribution is -2.36. The van der Waals surface area contributed by atoms with Crippen LogP contribution in [0.3, 0.4) is 0 Å². The smallest absolute Gasteiger partial charge is 0.279 e. The SMILES string of the molecule is NC(=O)CNC(=O)c1nc(Br)c[nH]c1=O. The van der Waals surface area contributed by atoms with Crippen molar-refractivity contribution in [1.29, 1.82) is 0 Å². The number of amides is 2. The first kappa shape index (κ1) is 11.4. The fourth-order valence-electron chi connectivity index (χ4n) is 0.788. The molecule has 0 bridgehead atoms. The molecule has 1 rings (SSSR count). The molecular weight excluding hydrogens is 268 g/mol. The number of nitrogens with two attached hydrogens (primary N) is 1. The monoisotopic (exact) mass is 274 g/mol. The summed E-state index contributed by atoms with van der Waals surface area (Å²) in [5.41, 5.74) is 3.85. The molecule has 0 radical (unpaired) electrons. The molecule has 0 aliphatic heterocycles. The first-order valence-electron chi connectivity index (χ1n) is 3.82. The van der Waals surface area contributed by atoms with Crippen LogP contribution in [0.2, 0.25) is 0 Å². The van der Waals surface area contributed by atoms with Crippen molar-refractivity contribution in [3.8, 4) is 0 Å². The Balaban J connectivity index is 2.86. The van der Waals surface area contributed by atoms with E-state index in [1.165, 1.54) is 6.20 Å². The van der Waals surface area contributed by atoms with Crippen LogP contribution in [-0.4, -0.2) is 28.3 Å². The van der Waals surface area contributed by atoms with E-state index < -0.39 is 17.4 Å². The number of nitrogens with one attached hydrogen (secondary N) is 2. The van der Waals surface area contributed by atoms with Crippen molar-refractivity contribution in [2.24, 2.45) is 5.73 Å². The number of primary amides is 1. The Morgan fingerprint density at radius 2 is 2.27 bits per heavy atom. The normalized spacial score (nSPS) is 9.67. The number of carbonyl (C=O) groups excluding carboxylic acids is 2. The standard InChI is InChI=1S/C7H7BrN4O3/c8-3-1-10-6(14)5(12-3)7(15)11-2-4(9)13/h1H,2H2,(H2,9,13)(H,10,14)(H,11,15). The van der Waals surface area contributed by atoms with E-state index in [0.29, 0.717) is 4.60 Å². The van der Waals surface area contributed by atoms with Gasteiger partial charge in [-0.1, -0.05) is 0 Å². The zero-order valence-electron chi connectivity index (χ0n) is 7.41. The van der Waals surface area contributed by atoms with Crippen LogP contribution in [0.4, 0.5) is 0 Å². The van der Waals surface area contributed by atoms with E-state index in [0.717, 1.165) is 0 Å². The number of hydrogen-bond acceptors (Lipinski definition) is 4. The lowest BCUT2D eigenvalue weighted by molar-refractivity contribution is -0.117. The molecule has 0 fully saturated rings. The Morgan fingerprint density at radius 3 is 2.87 bits per heavy atom. The molecule has 4 N–H and O–H groups in total. The molecule has 7 nitrogen and oxygen atoms in total. The molecule has 1 aromatic rings. The number of rotatable bonds is 3. The van der Waals surface area contributed by atoms with Crippen molar-refractivity contribution in [1.82, 2.24) is 15.3 Å². The molecule has 15 heavy (non-hydrogen) atoms. The molecule has 8 heteroatoms. The Bertz CT molecular complexity index is 456. The van der Waals surface area contributed by atoms with Gasteiger partial charge in [0.2, 0.25) is 5.91 Å². The van der Waals surface area contributed by atoms with Crippen molar-refractivity contribution in [2.45, 2.75) is 0 Å². The van der Waals surface area contributed by atoms with Gasteiger partial charge in [-0.25, -0.2) is 4.98 Å². The van der Waals surface area contributed by atoms with Gasteiger partial charge in [0.25, 0.3) is 11.5 Å². The molecule has 0 unspecified atom stereocenters. The molecule has 0 aliphatic carbocycles. The van der Waals surface area contributed by atoms with Crippen LogP contribution in [0.25, 0.3) is 0 Å². The highest BCUT2D eigenvalue weighted by atomic mass is 79.9. The summed E-state index contributed by atoms with van der Waals surface area (Å²) in [6.45, 7) is -0.341. The van der Waals surface area contributed by atoms with E-state index in [9.17, 15) is 14.4 Å². The third kappa shape index (κ3) is 3.17. The lowest BCUT2D eigenvalue weighted by atomic mass is 10.4. The highest BCUT2D eigenvalue weighted by Gasteiger charge is 2.12. The number of nitrogens with zero attached hydrogens (tertiary/aromatic N) is 1. The van der Waals surface area contributed by atoms with E-state index in [1.54, 1.807) is 0 Å². The van der Waals surface area contributed by atoms with Crippen molar-refractivity contribution >= 4 is 27.7 Å². The molecule has 0 saturated carbocycles. The van der Waals surface area contributed by atoms with Gasteiger partial charge >= 0.3 is 0 Å². The Morgan fingerprint density at radius 1 is 1.60 bits per heavy atom. The van der Waals surface area contributed by atoms with Gasteiger partial charge in [0.05, 0.1) is 6.54 Å². The van der Waals surface area contributed by atoms with Gasteiger partial charge < -0.3 is 16.0 Å². The van der Waals surface area contributed by atoms with Gasteiger partial charge in [0.15, 0.2) is 5.69 Å². The van der Waals surface area contributed by atoms with Gasteiger partial charge in [-0.05, 0) is 15.9 Å². The zero-order valence-corrected chi connectivity index (χ0v) is 9.00. The fraction of sp³-hybridized carbons (Fsp3) is 0.143. The van der Waals surface area contributed by atoms with Gasteiger partial charge in [-0.15, -0.1) is 0 Å². The molecule has 0 aliphatic rings. The molecule has 1 aromatic heterocycles. The van der Waals surface area contributed by atoms with Crippen LogP contribution in [0.1, 0.15) is 10.5 Å². The van der Waals surface area contributed by atoms with E-state index in [4.69, 9.17) is 5.73 Å². The van der Waals surface area contributed by atoms with Crippen molar-refractivity contribution in [3.05, 3.63) is 26.8 Å². The number of hydrogen-bond donors (Lipinski definition) is 3. The number of carbonyl (C=O) groups is 2. The maximum Gasteiger partial charge on any atom is 0.279 e. The molecule has 0 atom stereocenters. The molecule has 80 valence electrons. The Kier molecular flexibility index (Phi) is 3.56. The summed E-state index contributed by atoms with van der Waals surface area (Å²) in [4.78, 5) is 38.8. The predicted molar refractivity (Wildman–Crippen MR) is 54.1 cm³/mol. The second-order valence-corrected chi connectivity index (χ2v) is 3.36. The van der Waals surface area contributed by atoms with Crippen LogP contribution in [0.15, 0.2) is 15.6 Å². The topological polar surface area (TPSA) is 118 Å². The molecular formula is C7H7BrN4O3. The fourth-order valence-corrected chi connectivity index (χ4v) is 1.08. The number of halogens is 1. The second-order valence-electron chi connectivity index (χ2n) is 2.55. The minimum Gasteiger partial charge on any atom is -0.368 e. The van der Waals surface area contributed by atoms with Gasteiger partial charge in [-0.2, -0.15) is 0 Å². The predicted octanol–water partition coefficient (Wildman–Crippen LogP) is -1.25. The van der Waals surface area contributed by atoms with Gasteiger partial charge in [-0.3, -0.25) is 14.4 Å². The average Bonchev–Trinajstić information content (AvgIpc) is 2.18. The largest absolute Gasteiger partial charge is 0.368 e. The van der Waals surface area contributed by atoms with Crippen LogP contribution in [0.5, 0.6) is 0 Å². The third-order valence-corrected chi connectivity index (χ3v) is 1.80. The minimum atomic E-state index is -0.753. The summed E-state index contributed by atoms with van der Waals surface area (Å²) in [6, 6.07) is 0. The van der Waals surface area contributed by atoms with Gasteiger partial charge in [0, 0.05) is 6.20 Å². The zero-order chi connectivity index (χ0) is 11.4. The number of aromatic nitrogens is 2. The van der Waals surface area contributed by atoms with Crippen LogP contribution >= 0.6 is 15.9 Å². The van der Waals surface area contributed by atoms with E-state index in [-0.39, 0.29) is 12.2 Å². The number of aromatic amines is 1. The summed E-state index contributed by atoms with van der Waals surface area (Å²) in [7, 11) is 0. The summed E-state index contributed by atoms with van der Waals surface area (Å²) < 4.78 is 0.311. The summed E-state index contributed by atoms with van der Waals surface area (Å²) in [6.07, 6.45) is 1.30. The summed E-state index contributed by atoms with van der Waals surface area (Å²) in [5.74, 6) is -1.45. The lowest BCUT2D eigenvalue weighted by Gasteiger charge is -2.00.